The second kappa shape index (κ2) is 5.13. The molecule has 2 rings (SSSR count). The Labute approximate surface area is 91.8 Å². The van der Waals surface area contributed by atoms with Crippen LogP contribution in [0.25, 0.3) is 0 Å². The predicted octanol–water partition coefficient (Wildman–Crippen LogP) is 3.87. The first kappa shape index (κ1) is 10.4. The molecule has 0 saturated carbocycles. The number of rotatable bonds is 3. The largest absolute Gasteiger partial charge is 0.372 e. The highest BCUT2D eigenvalue weighted by molar-refractivity contribution is 5.27. The molecule has 0 bridgehead atoms. The summed E-state index contributed by atoms with van der Waals surface area (Å²) < 4.78 is 5.61. The molecule has 0 aromatic heterocycles. The molecule has 1 aliphatic carbocycles. The van der Waals surface area contributed by atoms with Crippen molar-refractivity contribution < 1.29 is 4.74 Å². The monoisotopic (exact) mass is 202 g/mol. The zero-order valence-electron chi connectivity index (χ0n) is 9.28. The van der Waals surface area contributed by atoms with Gasteiger partial charge < -0.3 is 4.74 Å². The van der Waals surface area contributed by atoms with E-state index in [0.29, 0.717) is 0 Å². The highest BCUT2D eigenvalue weighted by Gasteiger charge is 2.16. The Morgan fingerprint density at radius 3 is 2.53 bits per heavy atom. The van der Waals surface area contributed by atoms with Gasteiger partial charge in [-0.2, -0.15) is 0 Å². The van der Waals surface area contributed by atoms with Crippen molar-refractivity contribution in [1.82, 2.24) is 0 Å². The van der Waals surface area contributed by atoms with Crippen LogP contribution in [0.1, 0.15) is 37.4 Å². The molecule has 0 amide bonds. The molecule has 1 aliphatic rings. The summed E-state index contributed by atoms with van der Waals surface area (Å²) in [4.78, 5) is 0. The molecule has 0 aliphatic heterocycles. The van der Waals surface area contributed by atoms with Gasteiger partial charge in [0.15, 0.2) is 0 Å². The van der Waals surface area contributed by atoms with E-state index in [9.17, 15) is 0 Å². The van der Waals surface area contributed by atoms with Crippen LogP contribution < -0.4 is 0 Å². The van der Waals surface area contributed by atoms with Crippen molar-refractivity contribution >= 4 is 0 Å². The fourth-order valence-corrected chi connectivity index (χ4v) is 2.23. The van der Waals surface area contributed by atoms with E-state index < -0.39 is 0 Å². The maximum absolute atomic E-state index is 5.61. The van der Waals surface area contributed by atoms with Crippen LogP contribution in [0.5, 0.6) is 0 Å². The molecule has 1 atom stereocenters. The van der Waals surface area contributed by atoms with Crippen molar-refractivity contribution in [3.8, 4) is 0 Å². The average molecular weight is 202 g/mol. The van der Waals surface area contributed by atoms with Crippen LogP contribution in [0, 0.1) is 0 Å². The standard InChI is InChI=1S/C14H18O/c1-15-14(12-8-4-2-5-9-12)13-10-6-3-7-11-13/h2,4-5,8-10,14H,3,6-7,11H2,1H3/t14-/m1/s1. The van der Waals surface area contributed by atoms with E-state index in [1.807, 2.05) is 6.07 Å². The number of allylic oxidation sites excluding steroid dienone is 1. The topological polar surface area (TPSA) is 9.23 Å². The van der Waals surface area contributed by atoms with Crippen molar-refractivity contribution in [3.63, 3.8) is 0 Å². The van der Waals surface area contributed by atoms with Crippen molar-refractivity contribution in [3.05, 3.63) is 47.5 Å². The second-order valence-corrected chi connectivity index (χ2v) is 4.05. The number of benzene rings is 1. The Hall–Kier alpha value is -1.08. The number of ether oxygens (including phenoxy) is 1. The number of hydrogen-bond acceptors (Lipinski definition) is 1. The molecular weight excluding hydrogens is 184 g/mol. The maximum atomic E-state index is 5.61. The van der Waals surface area contributed by atoms with Gasteiger partial charge in [-0.05, 0) is 36.8 Å². The maximum Gasteiger partial charge on any atom is 0.103 e. The highest BCUT2D eigenvalue weighted by atomic mass is 16.5. The molecule has 0 fully saturated rings. The minimum absolute atomic E-state index is 0.173. The van der Waals surface area contributed by atoms with Crippen molar-refractivity contribution in [2.75, 3.05) is 7.11 Å². The van der Waals surface area contributed by atoms with Gasteiger partial charge in [-0.3, -0.25) is 0 Å². The van der Waals surface area contributed by atoms with Crippen molar-refractivity contribution in [1.29, 1.82) is 0 Å². The molecule has 0 N–H and O–H groups in total. The summed E-state index contributed by atoms with van der Waals surface area (Å²) >= 11 is 0. The molecule has 0 spiro atoms. The molecule has 15 heavy (non-hydrogen) atoms. The molecular formula is C14H18O. The van der Waals surface area contributed by atoms with E-state index in [1.165, 1.54) is 36.8 Å². The van der Waals surface area contributed by atoms with E-state index in [4.69, 9.17) is 4.74 Å². The summed E-state index contributed by atoms with van der Waals surface area (Å²) in [5, 5.41) is 0. The Balaban J connectivity index is 2.20. The van der Waals surface area contributed by atoms with Crippen LogP contribution >= 0.6 is 0 Å². The van der Waals surface area contributed by atoms with Gasteiger partial charge in [-0.15, -0.1) is 0 Å². The second-order valence-electron chi connectivity index (χ2n) is 4.05. The lowest BCUT2D eigenvalue weighted by molar-refractivity contribution is 0.128. The molecule has 0 radical (unpaired) electrons. The minimum atomic E-state index is 0.173. The third kappa shape index (κ3) is 2.48. The molecule has 1 aromatic rings. The van der Waals surface area contributed by atoms with Crippen LogP contribution in [0.15, 0.2) is 42.0 Å². The van der Waals surface area contributed by atoms with Crippen LogP contribution in [0.4, 0.5) is 0 Å². The number of hydrogen-bond donors (Lipinski definition) is 0. The SMILES string of the molecule is CO[C@@H](C1=CCCCC1)c1ccccc1. The van der Waals surface area contributed by atoms with Crippen LogP contribution in [-0.4, -0.2) is 7.11 Å². The molecule has 0 heterocycles. The first-order valence-corrected chi connectivity index (χ1v) is 5.68. The lowest BCUT2D eigenvalue weighted by atomic mass is 9.92. The van der Waals surface area contributed by atoms with Gasteiger partial charge in [0.2, 0.25) is 0 Å². The van der Waals surface area contributed by atoms with Gasteiger partial charge in [0.25, 0.3) is 0 Å². The Morgan fingerprint density at radius 2 is 1.93 bits per heavy atom. The molecule has 1 aromatic carbocycles. The lowest BCUT2D eigenvalue weighted by Gasteiger charge is -2.22. The smallest absolute Gasteiger partial charge is 0.103 e. The van der Waals surface area contributed by atoms with E-state index in [2.05, 4.69) is 30.3 Å². The molecule has 80 valence electrons. The van der Waals surface area contributed by atoms with Crippen LogP contribution in [0.2, 0.25) is 0 Å². The predicted molar refractivity (Wildman–Crippen MR) is 62.7 cm³/mol. The first-order valence-electron chi connectivity index (χ1n) is 5.68. The Bertz CT molecular complexity index is 326. The average Bonchev–Trinajstić information content (AvgIpc) is 2.33. The summed E-state index contributed by atoms with van der Waals surface area (Å²) in [6.45, 7) is 0. The Kier molecular flexibility index (Phi) is 3.57. The number of methoxy groups -OCH3 is 1. The molecule has 0 unspecified atom stereocenters. The van der Waals surface area contributed by atoms with E-state index in [-0.39, 0.29) is 6.10 Å². The van der Waals surface area contributed by atoms with Crippen molar-refractivity contribution in [2.24, 2.45) is 0 Å². The first-order chi connectivity index (χ1) is 7.42. The lowest BCUT2D eigenvalue weighted by Crippen LogP contribution is -2.07. The van der Waals surface area contributed by atoms with Gasteiger partial charge in [0.1, 0.15) is 6.10 Å². The van der Waals surface area contributed by atoms with Gasteiger partial charge in [-0.1, -0.05) is 36.4 Å². The van der Waals surface area contributed by atoms with Gasteiger partial charge in [0, 0.05) is 7.11 Å². The van der Waals surface area contributed by atoms with E-state index >= 15 is 0 Å². The summed E-state index contributed by atoms with van der Waals surface area (Å²) in [5.74, 6) is 0. The van der Waals surface area contributed by atoms with Gasteiger partial charge in [-0.25, -0.2) is 0 Å². The zero-order chi connectivity index (χ0) is 10.5. The molecule has 1 heteroatoms. The summed E-state index contributed by atoms with van der Waals surface area (Å²) in [7, 11) is 1.80. The fourth-order valence-electron chi connectivity index (χ4n) is 2.23. The van der Waals surface area contributed by atoms with Crippen LogP contribution in [0.3, 0.4) is 0 Å². The minimum Gasteiger partial charge on any atom is -0.372 e. The fraction of sp³-hybridized carbons (Fsp3) is 0.429. The third-order valence-corrected chi connectivity index (χ3v) is 3.00. The summed E-state index contributed by atoms with van der Waals surface area (Å²) in [5.41, 5.74) is 2.73. The third-order valence-electron chi connectivity index (χ3n) is 3.00. The quantitative estimate of drug-likeness (QED) is 0.676. The summed E-state index contributed by atoms with van der Waals surface area (Å²) in [6, 6.07) is 10.5. The van der Waals surface area contributed by atoms with Crippen LogP contribution in [-0.2, 0) is 4.74 Å². The molecule has 1 nitrogen and oxygen atoms in total. The van der Waals surface area contributed by atoms with Gasteiger partial charge >= 0.3 is 0 Å². The highest BCUT2D eigenvalue weighted by Crippen LogP contribution is 2.31. The van der Waals surface area contributed by atoms with E-state index in [1.54, 1.807) is 7.11 Å². The van der Waals surface area contributed by atoms with Gasteiger partial charge in [0.05, 0.1) is 0 Å². The van der Waals surface area contributed by atoms with E-state index in [0.717, 1.165) is 0 Å². The Morgan fingerprint density at radius 1 is 1.13 bits per heavy atom. The summed E-state index contributed by atoms with van der Waals surface area (Å²) in [6.07, 6.45) is 7.55. The normalized spacial score (nSPS) is 18.3. The van der Waals surface area contributed by atoms with Crippen molar-refractivity contribution in [2.45, 2.75) is 31.8 Å². The zero-order valence-corrected chi connectivity index (χ0v) is 9.28. The molecule has 0 saturated heterocycles.